The highest BCUT2D eigenvalue weighted by molar-refractivity contribution is 5.88. The second-order valence-electron chi connectivity index (χ2n) is 4.57. The molecule has 0 aliphatic carbocycles. The number of Topliss-reactive ketones (excluding diaryl/α,β-unsaturated/α-hetero) is 1. The first kappa shape index (κ1) is 18.1. The predicted molar refractivity (Wildman–Crippen MR) is 71.0 cm³/mol. The largest absolute Gasteiger partial charge is 0.321 e. The smallest absolute Gasteiger partial charge is 0.175 e. The van der Waals surface area contributed by atoms with Crippen molar-refractivity contribution < 1.29 is 4.79 Å². The Hall–Kier alpha value is -1.26. The van der Waals surface area contributed by atoms with Crippen molar-refractivity contribution in [1.29, 1.82) is 5.53 Å². The zero-order valence-corrected chi connectivity index (χ0v) is 11.9. The average Bonchev–Trinajstić information content (AvgIpc) is 2.29. The van der Waals surface area contributed by atoms with Gasteiger partial charge in [0.05, 0.1) is 0 Å². The molecule has 0 rings (SSSR count). The Morgan fingerprint density at radius 3 is 2.12 bits per heavy atom. The lowest BCUT2D eigenvalue weighted by Crippen LogP contribution is -2.25. The predicted octanol–water partition coefficient (Wildman–Crippen LogP) is 3.35. The number of hydrogen-bond acceptors (Lipinski definition) is 4. The second kappa shape index (κ2) is 8.84. The number of nitrogens with zero attached hydrogens (tertiary/aromatic N) is 2. The van der Waals surface area contributed by atoms with Crippen LogP contribution in [0.2, 0.25) is 0 Å². The van der Waals surface area contributed by atoms with Crippen LogP contribution in [0.3, 0.4) is 0 Å². The van der Waals surface area contributed by atoms with Crippen LogP contribution in [0, 0.1) is 16.9 Å². The van der Waals surface area contributed by atoms with Gasteiger partial charge in [0, 0.05) is 17.8 Å². The molecule has 0 aromatic rings. The third kappa shape index (κ3) is 6.81. The minimum atomic E-state index is -0.416. The zero-order chi connectivity index (χ0) is 14.1. The summed E-state index contributed by atoms with van der Waals surface area (Å²) in [5.41, 5.74) is 6.50. The van der Waals surface area contributed by atoms with Crippen molar-refractivity contribution in [1.82, 2.24) is 0 Å². The number of hydrogen-bond donors (Lipinski definition) is 2. The Labute approximate surface area is 104 Å². The number of carbonyl (C=O) groups excluding carboxylic acids is 1. The molecule has 0 saturated heterocycles. The van der Waals surface area contributed by atoms with Crippen LogP contribution in [0.25, 0.3) is 0 Å². The molecule has 5 heteroatoms. The molecular formula is C12H26N4O. The summed E-state index contributed by atoms with van der Waals surface area (Å²) in [5, 5.41) is 6.72. The maximum Gasteiger partial charge on any atom is 0.175 e. The highest BCUT2D eigenvalue weighted by Gasteiger charge is 2.26. The summed E-state index contributed by atoms with van der Waals surface area (Å²) in [6.07, 6.45) is 1.08. The zero-order valence-electron chi connectivity index (χ0n) is 11.9. The number of rotatable bonds is 5. The molecule has 3 N–H and O–H groups in total. The van der Waals surface area contributed by atoms with E-state index in [4.69, 9.17) is 11.4 Å². The summed E-state index contributed by atoms with van der Waals surface area (Å²) < 4.78 is 0. The van der Waals surface area contributed by atoms with Gasteiger partial charge in [0.15, 0.2) is 5.84 Å². The van der Waals surface area contributed by atoms with E-state index in [1.807, 2.05) is 41.5 Å². The highest BCUT2D eigenvalue weighted by Crippen LogP contribution is 2.25. The number of hydrazone groups is 1. The summed E-state index contributed by atoms with van der Waals surface area (Å²) in [6, 6.07) is 0. The number of nitrogens with one attached hydrogen (secondary N) is 1. The molecule has 0 aliphatic heterocycles. The van der Waals surface area contributed by atoms with Crippen LogP contribution in [0.15, 0.2) is 10.2 Å². The van der Waals surface area contributed by atoms with Gasteiger partial charge in [-0.05, 0) is 6.42 Å². The van der Waals surface area contributed by atoms with E-state index in [-0.39, 0.29) is 17.5 Å². The fourth-order valence-electron chi connectivity index (χ4n) is 1.19. The van der Waals surface area contributed by atoms with Crippen LogP contribution in [-0.2, 0) is 4.79 Å². The summed E-state index contributed by atoms with van der Waals surface area (Å²) in [5.74, 6) is 5.66. The van der Waals surface area contributed by atoms with Crippen molar-refractivity contribution in [2.45, 2.75) is 54.4 Å². The van der Waals surface area contributed by atoms with Gasteiger partial charge in [0.2, 0.25) is 0 Å². The summed E-state index contributed by atoms with van der Waals surface area (Å²) in [6.45, 7) is 11.5. The average molecular weight is 242 g/mol. The normalized spacial score (nSPS) is 11.8. The van der Waals surface area contributed by atoms with Gasteiger partial charge in [0.1, 0.15) is 5.78 Å². The molecule has 0 bridgehead atoms. The van der Waals surface area contributed by atoms with Gasteiger partial charge in [-0.2, -0.15) is 5.10 Å². The summed E-state index contributed by atoms with van der Waals surface area (Å²) in [4.78, 5) is 11.4. The number of amidine groups is 1. The minimum absolute atomic E-state index is 0.0482. The van der Waals surface area contributed by atoms with Crippen molar-refractivity contribution in [3.63, 3.8) is 0 Å². The summed E-state index contributed by atoms with van der Waals surface area (Å²) in [7, 11) is 0. The SMILES string of the molecule is CC.CC(C)C(=O)CCC(C)(C)/C(N=N)=N/N. The number of ketones is 1. The van der Waals surface area contributed by atoms with E-state index in [1.54, 1.807) is 0 Å². The lowest BCUT2D eigenvalue weighted by Gasteiger charge is -2.22. The van der Waals surface area contributed by atoms with Gasteiger partial charge in [-0.25, -0.2) is 5.53 Å². The molecule has 100 valence electrons. The second-order valence-corrected chi connectivity index (χ2v) is 4.57. The molecule has 0 radical (unpaired) electrons. The van der Waals surface area contributed by atoms with Gasteiger partial charge < -0.3 is 5.84 Å². The molecule has 0 heterocycles. The first-order chi connectivity index (χ1) is 7.85. The number of nitrogens with two attached hydrogens (primary N) is 1. The lowest BCUT2D eigenvalue weighted by molar-refractivity contribution is -0.122. The van der Waals surface area contributed by atoms with E-state index in [1.165, 1.54) is 0 Å². The number of carbonyl (C=O) groups is 1. The van der Waals surface area contributed by atoms with Gasteiger partial charge in [-0.1, -0.05) is 41.5 Å². The first-order valence-corrected chi connectivity index (χ1v) is 6.03. The van der Waals surface area contributed by atoms with Crippen molar-refractivity contribution in [2.24, 2.45) is 27.4 Å². The molecule has 0 saturated carbocycles. The third-order valence-corrected chi connectivity index (χ3v) is 2.47. The Balaban J connectivity index is 0. The molecule has 0 aromatic carbocycles. The van der Waals surface area contributed by atoms with Crippen molar-refractivity contribution in [3.8, 4) is 0 Å². The van der Waals surface area contributed by atoms with E-state index in [0.717, 1.165) is 0 Å². The van der Waals surface area contributed by atoms with Gasteiger partial charge in [0.25, 0.3) is 0 Å². The van der Waals surface area contributed by atoms with Gasteiger partial charge >= 0.3 is 0 Å². The van der Waals surface area contributed by atoms with E-state index in [9.17, 15) is 4.79 Å². The van der Waals surface area contributed by atoms with Crippen LogP contribution >= 0.6 is 0 Å². The standard InChI is InChI=1S/C10H20N4O.C2H6/c1-7(2)8(15)5-6-10(3,4)9(13-11)14-12;1-2/h7,11H,5-6,12H2,1-4H3;1-2H3/b13-11?,14-9-;. The fourth-order valence-corrected chi connectivity index (χ4v) is 1.19. The van der Waals surface area contributed by atoms with E-state index >= 15 is 0 Å². The monoisotopic (exact) mass is 242 g/mol. The molecular weight excluding hydrogens is 216 g/mol. The molecule has 0 atom stereocenters. The van der Waals surface area contributed by atoms with E-state index in [2.05, 4.69) is 10.2 Å². The third-order valence-electron chi connectivity index (χ3n) is 2.47. The fraction of sp³-hybridized carbons (Fsp3) is 0.833. The van der Waals surface area contributed by atoms with Crippen LogP contribution in [0.5, 0.6) is 0 Å². The van der Waals surface area contributed by atoms with Crippen LogP contribution in [0.1, 0.15) is 54.4 Å². The quantitative estimate of drug-likeness (QED) is 0.254. The molecule has 0 unspecified atom stereocenters. The van der Waals surface area contributed by atoms with Crippen molar-refractivity contribution >= 4 is 11.6 Å². The molecule has 17 heavy (non-hydrogen) atoms. The molecule has 0 spiro atoms. The topological polar surface area (TPSA) is 91.7 Å². The molecule has 0 amide bonds. The molecule has 0 fully saturated rings. The maximum atomic E-state index is 11.4. The van der Waals surface area contributed by atoms with Crippen molar-refractivity contribution in [2.75, 3.05) is 0 Å². The molecule has 0 aromatic heterocycles. The first-order valence-electron chi connectivity index (χ1n) is 6.03. The van der Waals surface area contributed by atoms with Crippen LogP contribution in [0.4, 0.5) is 0 Å². The Morgan fingerprint density at radius 1 is 1.35 bits per heavy atom. The highest BCUT2D eigenvalue weighted by atomic mass is 16.1. The van der Waals surface area contributed by atoms with Crippen LogP contribution in [-0.4, -0.2) is 11.6 Å². The summed E-state index contributed by atoms with van der Waals surface area (Å²) >= 11 is 0. The Morgan fingerprint density at radius 2 is 1.82 bits per heavy atom. The minimum Gasteiger partial charge on any atom is -0.321 e. The van der Waals surface area contributed by atoms with Gasteiger partial charge in [-0.15, -0.1) is 5.11 Å². The molecule has 5 nitrogen and oxygen atoms in total. The van der Waals surface area contributed by atoms with Crippen molar-refractivity contribution in [3.05, 3.63) is 0 Å². The van der Waals surface area contributed by atoms with Gasteiger partial charge in [-0.3, -0.25) is 4.79 Å². The lowest BCUT2D eigenvalue weighted by atomic mass is 9.84. The Bertz CT molecular complexity index is 270. The maximum absolute atomic E-state index is 11.4. The van der Waals surface area contributed by atoms with E-state index in [0.29, 0.717) is 12.8 Å². The van der Waals surface area contributed by atoms with E-state index < -0.39 is 5.41 Å². The van der Waals surface area contributed by atoms with Crippen LogP contribution < -0.4 is 5.84 Å². The Kier molecular flexibility index (Phi) is 9.42. The molecule has 0 aliphatic rings.